The van der Waals surface area contributed by atoms with Crippen LogP contribution >= 0.6 is 46.4 Å². The Hall–Kier alpha value is -2.39. The van der Waals surface area contributed by atoms with Gasteiger partial charge in [-0.15, -0.1) is 46.4 Å². The summed E-state index contributed by atoms with van der Waals surface area (Å²) in [6, 6.07) is 16.1. The smallest absolute Gasteiger partial charge is 0.310 e. The monoisotopic (exact) mass is 906 g/mol. The Labute approximate surface area is 378 Å². The Kier molecular flexibility index (Phi) is 16.7. The number of aliphatic carboxylic acids is 1. The molecule has 10 atom stereocenters. The third-order valence-electron chi connectivity index (χ3n) is 15.6. The highest BCUT2D eigenvalue weighted by Crippen LogP contribution is 2.69. The van der Waals surface area contributed by atoms with Crippen molar-refractivity contribution in [3.05, 3.63) is 59.7 Å². The third kappa shape index (κ3) is 10.7. The fraction of sp³-hybridized carbons (Fsp3) is 0.688. The summed E-state index contributed by atoms with van der Waals surface area (Å²) in [6.07, 6.45) is 8.66. The molecule has 0 spiro atoms. The van der Waals surface area contributed by atoms with E-state index in [0.29, 0.717) is 79.8 Å². The maximum atomic E-state index is 14.0. The lowest BCUT2D eigenvalue weighted by Gasteiger charge is -2.62. The maximum Gasteiger partial charge on any atom is 0.310 e. The van der Waals surface area contributed by atoms with Crippen LogP contribution in [0.5, 0.6) is 0 Å². The van der Waals surface area contributed by atoms with Gasteiger partial charge in [0.25, 0.3) is 0 Å². The highest BCUT2D eigenvalue weighted by molar-refractivity contribution is 6.19. The van der Waals surface area contributed by atoms with Crippen LogP contribution in [0.2, 0.25) is 0 Å². The number of anilines is 2. The number of alkyl halides is 4. The summed E-state index contributed by atoms with van der Waals surface area (Å²) < 4.78 is 12.9. The molecule has 0 heterocycles. The lowest BCUT2D eigenvalue weighted by atomic mass is 9.43. The quantitative estimate of drug-likeness (QED) is 0.104. The molecule has 1 N–H and O–H groups in total. The van der Waals surface area contributed by atoms with Crippen molar-refractivity contribution < 1.29 is 29.0 Å². The van der Waals surface area contributed by atoms with Gasteiger partial charge in [-0.3, -0.25) is 14.4 Å². The standard InChI is InChI=1S/C48H66Cl4N2O6/c1-32(4-17-44(55)56)40-15-16-41-39-14-9-35-30-38(59-45(57)28-33-5-10-36(11-6-33)53(24-20-49)25-21-50)18-19-47(35,2)42(39)31-43(48(40,41)3)60-46(58)29-34-7-12-37(13-8-34)54(26-22-51)27-23-52/h5-8,10-13,32,35,38-43H,4,9,14-31H2,1-3H3,(H,55,56). The van der Waals surface area contributed by atoms with E-state index in [9.17, 15) is 19.5 Å². The highest BCUT2D eigenvalue weighted by atomic mass is 35.5. The molecule has 2 aromatic rings. The number of esters is 2. The summed E-state index contributed by atoms with van der Waals surface area (Å²) in [5.41, 5.74) is 3.70. The van der Waals surface area contributed by atoms with Crippen LogP contribution in [-0.4, -0.2) is 84.9 Å². The van der Waals surface area contributed by atoms with E-state index in [1.807, 2.05) is 48.5 Å². The van der Waals surface area contributed by atoms with E-state index in [2.05, 4.69) is 30.6 Å². The number of carbonyl (C=O) groups excluding carboxylic acids is 2. The largest absolute Gasteiger partial charge is 0.481 e. The van der Waals surface area contributed by atoms with Crippen LogP contribution in [-0.2, 0) is 36.7 Å². The Morgan fingerprint density at radius 1 is 0.717 bits per heavy atom. The average Bonchev–Trinajstić information content (AvgIpc) is 3.59. The number of ether oxygens (including phenoxy) is 2. The molecule has 332 valence electrons. The number of halogens is 4. The highest BCUT2D eigenvalue weighted by Gasteiger charge is 2.65. The van der Waals surface area contributed by atoms with Gasteiger partial charge in [0, 0.05) is 72.9 Å². The zero-order valence-corrected chi connectivity index (χ0v) is 38.8. The second-order valence-corrected chi connectivity index (χ2v) is 20.1. The molecule has 4 aliphatic rings. The van der Waals surface area contributed by atoms with Crippen molar-refractivity contribution in [3.63, 3.8) is 0 Å². The Bertz CT molecular complexity index is 1720. The lowest BCUT2D eigenvalue weighted by molar-refractivity contribution is -0.199. The Morgan fingerprint density at radius 2 is 1.25 bits per heavy atom. The summed E-state index contributed by atoms with van der Waals surface area (Å²) in [5.74, 6) is 3.09. The molecule has 12 heteroatoms. The number of carboxylic acids is 1. The number of rotatable bonds is 20. The third-order valence-corrected chi connectivity index (χ3v) is 16.2. The molecule has 4 aliphatic carbocycles. The first-order chi connectivity index (χ1) is 28.8. The van der Waals surface area contributed by atoms with Gasteiger partial charge in [-0.1, -0.05) is 45.0 Å². The first-order valence-electron chi connectivity index (χ1n) is 22.4. The van der Waals surface area contributed by atoms with E-state index >= 15 is 0 Å². The predicted octanol–water partition coefficient (Wildman–Crippen LogP) is 10.6. The molecule has 0 saturated heterocycles. The fourth-order valence-corrected chi connectivity index (χ4v) is 13.3. The van der Waals surface area contributed by atoms with E-state index in [-0.39, 0.29) is 66.1 Å². The number of fused-ring (bicyclic) bond motifs is 5. The van der Waals surface area contributed by atoms with E-state index in [0.717, 1.165) is 73.9 Å². The van der Waals surface area contributed by atoms with Crippen LogP contribution < -0.4 is 9.80 Å². The van der Waals surface area contributed by atoms with Gasteiger partial charge in [-0.25, -0.2) is 0 Å². The summed E-state index contributed by atoms with van der Waals surface area (Å²) in [4.78, 5) is 43.3. The Balaban J connectivity index is 1.14. The number of nitrogens with zero attached hydrogens (tertiary/aromatic N) is 2. The van der Waals surface area contributed by atoms with Crippen molar-refractivity contribution in [2.75, 3.05) is 59.5 Å². The molecule has 2 aromatic carbocycles. The van der Waals surface area contributed by atoms with Crippen molar-refractivity contribution in [1.82, 2.24) is 0 Å². The zero-order chi connectivity index (χ0) is 43.0. The second-order valence-electron chi connectivity index (χ2n) is 18.6. The number of carboxylic acid groups (broad SMARTS) is 1. The van der Waals surface area contributed by atoms with Crippen LogP contribution in [0.25, 0.3) is 0 Å². The van der Waals surface area contributed by atoms with E-state index in [1.54, 1.807) is 0 Å². The number of benzene rings is 2. The van der Waals surface area contributed by atoms with Gasteiger partial charge in [-0.05, 0) is 134 Å². The van der Waals surface area contributed by atoms with Gasteiger partial charge in [0.1, 0.15) is 12.2 Å². The van der Waals surface area contributed by atoms with Crippen LogP contribution in [0.15, 0.2) is 48.5 Å². The van der Waals surface area contributed by atoms with E-state index in [4.69, 9.17) is 55.9 Å². The molecule has 0 radical (unpaired) electrons. The van der Waals surface area contributed by atoms with Crippen molar-refractivity contribution in [2.24, 2.45) is 46.3 Å². The molecule has 8 nitrogen and oxygen atoms in total. The first kappa shape index (κ1) is 47.1. The molecule has 60 heavy (non-hydrogen) atoms. The van der Waals surface area contributed by atoms with Gasteiger partial charge >= 0.3 is 17.9 Å². The average molecular weight is 909 g/mol. The van der Waals surface area contributed by atoms with Crippen molar-refractivity contribution >= 4 is 75.7 Å². The molecular weight excluding hydrogens is 842 g/mol. The van der Waals surface area contributed by atoms with Gasteiger partial charge in [0.15, 0.2) is 0 Å². The van der Waals surface area contributed by atoms with E-state index < -0.39 is 5.97 Å². The summed E-state index contributed by atoms with van der Waals surface area (Å²) in [5, 5.41) is 9.58. The zero-order valence-electron chi connectivity index (χ0n) is 35.8. The van der Waals surface area contributed by atoms with Crippen molar-refractivity contribution in [3.8, 4) is 0 Å². The molecule has 0 aliphatic heterocycles. The SMILES string of the molecule is CC(CCC(=O)O)C1CCC2C3CCC4CC(OC(=O)Cc5ccc(N(CCCl)CCCl)cc5)CCC4(C)C3CC(OC(=O)Cc3ccc(N(CCCl)CCCl)cc3)C12C. The van der Waals surface area contributed by atoms with Crippen molar-refractivity contribution in [1.29, 1.82) is 0 Å². The number of carbonyl (C=O) groups is 3. The van der Waals surface area contributed by atoms with Gasteiger partial charge in [-0.2, -0.15) is 0 Å². The fourth-order valence-electron chi connectivity index (χ4n) is 12.5. The van der Waals surface area contributed by atoms with E-state index in [1.165, 1.54) is 0 Å². The molecule has 6 rings (SSSR count). The number of hydrogen-bond acceptors (Lipinski definition) is 7. The Morgan fingerprint density at radius 3 is 1.77 bits per heavy atom. The number of hydrogen-bond donors (Lipinski definition) is 1. The summed E-state index contributed by atoms with van der Waals surface area (Å²) in [7, 11) is 0. The van der Waals surface area contributed by atoms with Crippen LogP contribution in [0, 0.1) is 46.3 Å². The minimum absolute atomic E-state index is 0.0480. The predicted molar refractivity (Wildman–Crippen MR) is 244 cm³/mol. The van der Waals surface area contributed by atoms with Crippen molar-refractivity contribution in [2.45, 2.75) is 110 Å². The van der Waals surface area contributed by atoms with Crippen LogP contribution in [0.4, 0.5) is 11.4 Å². The first-order valence-corrected chi connectivity index (χ1v) is 24.5. The summed E-state index contributed by atoms with van der Waals surface area (Å²) >= 11 is 24.1. The minimum atomic E-state index is -0.761. The van der Waals surface area contributed by atoms with Gasteiger partial charge in [0.05, 0.1) is 12.8 Å². The molecular formula is C48H66Cl4N2O6. The molecule has 0 amide bonds. The van der Waals surface area contributed by atoms with Crippen LogP contribution in [0.3, 0.4) is 0 Å². The van der Waals surface area contributed by atoms with Gasteiger partial charge in [0.2, 0.25) is 0 Å². The molecule has 4 saturated carbocycles. The normalized spacial score (nSPS) is 30.0. The molecule has 0 aromatic heterocycles. The molecule has 0 bridgehead atoms. The topological polar surface area (TPSA) is 96.4 Å². The summed E-state index contributed by atoms with van der Waals surface area (Å²) in [6.45, 7) is 9.84. The molecule has 10 unspecified atom stereocenters. The van der Waals surface area contributed by atoms with Gasteiger partial charge < -0.3 is 24.4 Å². The maximum absolute atomic E-state index is 14.0. The minimum Gasteiger partial charge on any atom is -0.481 e. The second kappa shape index (κ2) is 21.3. The lowest BCUT2D eigenvalue weighted by Crippen LogP contribution is -2.59. The molecule has 4 fully saturated rings. The van der Waals surface area contributed by atoms with Crippen LogP contribution in [0.1, 0.15) is 96.1 Å².